The molecule has 1 N–H and O–H groups in total. The monoisotopic (exact) mass is 350 g/mol. The second kappa shape index (κ2) is 5.47. The summed E-state index contributed by atoms with van der Waals surface area (Å²) < 4.78 is 40.8. The predicted molar refractivity (Wildman–Crippen MR) is 74.9 cm³/mol. The van der Waals surface area contributed by atoms with Gasteiger partial charge in [-0.15, -0.1) is 0 Å². The van der Waals surface area contributed by atoms with Gasteiger partial charge in [0.2, 0.25) is 10.0 Å². The molecular formula is C12H16BrFN2O2S. The number of halogens is 2. The van der Waals surface area contributed by atoms with Crippen LogP contribution in [0.3, 0.4) is 0 Å². The summed E-state index contributed by atoms with van der Waals surface area (Å²) in [6.45, 7) is 4.66. The van der Waals surface area contributed by atoms with Gasteiger partial charge in [-0.3, -0.25) is 0 Å². The van der Waals surface area contributed by atoms with E-state index < -0.39 is 15.8 Å². The van der Waals surface area contributed by atoms with Crippen molar-refractivity contribution in [3.8, 4) is 0 Å². The fraction of sp³-hybridized carbons (Fsp3) is 0.500. The van der Waals surface area contributed by atoms with Crippen LogP contribution >= 0.6 is 15.9 Å². The first-order chi connectivity index (χ1) is 8.84. The Bertz CT molecular complexity index is 579. The lowest BCUT2D eigenvalue weighted by molar-refractivity contribution is 0.232. The van der Waals surface area contributed by atoms with E-state index in [1.54, 1.807) is 0 Å². The fourth-order valence-electron chi connectivity index (χ4n) is 2.17. The lowest BCUT2D eigenvalue weighted by Gasteiger charge is -2.37. The molecule has 2 atom stereocenters. The molecule has 0 saturated carbocycles. The van der Waals surface area contributed by atoms with Crippen LogP contribution in [0, 0.1) is 5.82 Å². The molecule has 1 aliphatic rings. The molecule has 1 heterocycles. The van der Waals surface area contributed by atoms with Crippen LogP contribution in [0.4, 0.5) is 4.39 Å². The zero-order chi connectivity index (χ0) is 14.2. The minimum absolute atomic E-state index is 0.0405. The molecule has 0 aromatic heterocycles. The number of rotatable bonds is 2. The van der Waals surface area contributed by atoms with E-state index in [9.17, 15) is 12.8 Å². The molecule has 0 radical (unpaired) electrons. The summed E-state index contributed by atoms with van der Waals surface area (Å²) in [4.78, 5) is -0.275. The molecule has 1 aliphatic heterocycles. The van der Waals surface area contributed by atoms with Crippen LogP contribution in [0.1, 0.15) is 13.8 Å². The maximum atomic E-state index is 13.8. The Labute approximate surface area is 121 Å². The second-order valence-corrected chi connectivity index (χ2v) is 7.45. The van der Waals surface area contributed by atoms with Gasteiger partial charge in [-0.1, -0.05) is 15.9 Å². The maximum Gasteiger partial charge on any atom is 0.246 e. The molecule has 1 aromatic carbocycles. The Hall–Kier alpha value is -0.500. The number of hydrogen-bond acceptors (Lipinski definition) is 3. The molecule has 2 unspecified atom stereocenters. The van der Waals surface area contributed by atoms with Crippen molar-refractivity contribution in [2.75, 3.05) is 13.1 Å². The van der Waals surface area contributed by atoms with Crippen molar-refractivity contribution >= 4 is 26.0 Å². The van der Waals surface area contributed by atoms with Gasteiger partial charge in [0, 0.05) is 29.6 Å². The standard InChI is InChI=1S/C12H16BrFN2O2S/c1-8-9(2)16(6-5-15-8)19(17,18)12-7-10(13)3-4-11(12)14/h3-4,7-9,15H,5-6H2,1-2H3. The van der Waals surface area contributed by atoms with Gasteiger partial charge < -0.3 is 5.32 Å². The van der Waals surface area contributed by atoms with Gasteiger partial charge in [-0.25, -0.2) is 12.8 Å². The van der Waals surface area contributed by atoms with Crippen LogP contribution in [0.25, 0.3) is 0 Å². The third-order valence-corrected chi connectivity index (χ3v) is 5.95. The van der Waals surface area contributed by atoms with Crippen molar-refractivity contribution in [1.82, 2.24) is 9.62 Å². The minimum Gasteiger partial charge on any atom is -0.311 e. The topological polar surface area (TPSA) is 49.4 Å². The molecule has 0 bridgehead atoms. The van der Waals surface area contributed by atoms with Gasteiger partial charge in [0.15, 0.2) is 0 Å². The van der Waals surface area contributed by atoms with Crippen LogP contribution < -0.4 is 5.32 Å². The van der Waals surface area contributed by atoms with Crippen molar-refractivity contribution in [3.63, 3.8) is 0 Å². The van der Waals surface area contributed by atoms with Crippen molar-refractivity contribution in [1.29, 1.82) is 0 Å². The Balaban J connectivity index is 2.44. The van der Waals surface area contributed by atoms with Gasteiger partial charge in [-0.05, 0) is 32.0 Å². The number of sulfonamides is 1. The van der Waals surface area contributed by atoms with Crippen LogP contribution in [0.15, 0.2) is 27.6 Å². The highest BCUT2D eigenvalue weighted by Gasteiger charge is 2.35. The smallest absolute Gasteiger partial charge is 0.246 e. The summed E-state index contributed by atoms with van der Waals surface area (Å²) in [7, 11) is -3.81. The van der Waals surface area contributed by atoms with E-state index >= 15 is 0 Å². The van der Waals surface area contributed by atoms with Crippen molar-refractivity contribution in [2.45, 2.75) is 30.8 Å². The lowest BCUT2D eigenvalue weighted by Crippen LogP contribution is -2.57. The molecule has 0 amide bonds. The first-order valence-electron chi connectivity index (χ1n) is 6.04. The Morgan fingerprint density at radius 3 is 2.79 bits per heavy atom. The Morgan fingerprint density at radius 2 is 2.11 bits per heavy atom. The summed E-state index contributed by atoms with van der Waals surface area (Å²) in [6.07, 6.45) is 0. The number of hydrogen-bond donors (Lipinski definition) is 1. The quantitative estimate of drug-likeness (QED) is 0.886. The molecule has 106 valence electrons. The van der Waals surface area contributed by atoms with E-state index in [0.29, 0.717) is 17.6 Å². The molecule has 0 aliphatic carbocycles. The van der Waals surface area contributed by atoms with E-state index in [4.69, 9.17) is 0 Å². The highest BCUT2D eigenvalue weighted by Crippen LogP contribution is 2.26. The highest BCUT2D eigenvalue weighted by molar-refractivity contribution is 9.10. The summed E-state index contributed by atoms with van der Waals surface area (Å²) >= 11 is 3.18. The summed E-state index contributed by atoms with van der Waals surface area (Å²) in [5, 5.41) is 3.20. The molecular weight excluding hydrogens is 335 g/mol. The summed E-state index contributed by atoms with van der Waals surface area (Å²) in [5.74, 6) is -0.721. The van der Waals surface area contributed by atoms with Gasteiger partial charge in [0.05, 0.1) is 0 Å². The SMILES string of the molecule is CC1NCCN(S(=O)(=O)c2cc(Br)ccc2F)C1C. The van der Waals surface area contributed by atoms with Crippen molar-refractivity contribution < 1.29 is 12.8 Å². The molecule has 4 nitrogen and oxygen atoms in total. The van der Waals surface area contributed by atoms with Gasteiger partial charge in [0.25, 0.3) is 0 Å². The predicted octanol–water partition coefficient (Wildman–Crippen LogP) is 1.96. The highest BCUT2D eigenvalue weighted by atomic mass is 79.9. The largest absolute Gasteiger partial charge is 0.311 e. The number of piperazine rings is 1. The number of nitrogens with one attached hydrogen (secondary N) is 1. The molecule has 19 heavy (non-hydrogen) atoms. The zero-order valence-electron chi connectivity index (χ0n) is 10.7. The normalized spacial score (nSPS) is 25.5. The van der Waals surface area contributed by atoms with Crippen LogP contribution in [0.5, 0.6) is 0 Å². The fourth-order valence-corrected chi connectivity index (χ4v) is 4.47. The van der Waals surface area contributed by atoms with Crippen molar-refractivity contribution in [2.24, 2.45) is 0 Å². The van der Waals surface area contributed by atoms with E-state index in [1.165, 1.54) is 16.4 Å². The van der Waals surface area contributed by atoms with E-state index in [-0.39, 0.29) is 17.0 Å². The van der Waals surface area contributed by atoms with Gasteiger partial charge in [-0.2, -0.15) is 4.31 Å². The minimum atomic E-state index is -3.81. The molecule has 1 fully saturated rings. The van der Waals surface area contributed by atoms with Crippen LogP contribution in [-0.2, 0) is 10.0 Å². The average molecular weight is 351 g/mol. The first-order valence-corrected chi connectivity index (χ1v) is 8.27. The molecule has 2 rings (SSSR count). The zero-order valence-corrected chi connectivity index (χ0v) is 13.1. The molecule has 7 heteroatoms. The lowest BCUT2D eigenvalue weighted by atomic mass is 10.1. The van der Waals surface area contributed by atoms with Crippen molar-refractivity contribution in [3.05, 3.63) is 28.5 Å². The van der Waals surface area contributed by atoms with Crippen LogP contribution in [0.2, 0.25) is 0 Å². The van der Waals surface area contributed by atoms with E-state index in [2.05, 4.69) is 21.2 Å². The third-order valence-electron chi connectivity index (χ3n) is 3.46. The average Bonchev–Trinajstić information content (AvgIpc) is 2.35. The number of nitrogens with zero attached hydrogens (tertiary/aromatic N) is 1. The van der Waals surface area contributed by atoms with Gasteiger partial charge in [0.1, 0.15) is 10.7 Å². The molecule has 1 saturated heterocycles. The Morgan fingerprint density at radius 1 is 1.42 bits per heavy atom. The summed E-state index contributed by atoms with van der Waals surface area (Å²) in [6, 6.07) is 3.78. The maximum absolute atomic E-state index is 13.8. The number of benzene rings is 1. The second-order valence-electron chi connectivity index (χ2n) is 4.67. The first kappa shape index (κ1) is 14.9. The third kappa shape index (κ3) is 2.84. The van der Waals surface area contributed by atoms with Gasteiger partial charge >= 0.3 is 0 Å². The van der Waals surface area contributed by atoms with E-state index in [1.807, 2.05) is 13.8 Å². The molecule has 1 aromatic rings. The molecule has 0 spiro atoms. The summed E-state index contributed by atoms with van der Waals surface area (Å²) in [5.41, 5.74) is 0. The van der Waals surface area contributed by atoms with Crippen LogP contribution in [-0.4, -0.2) is 37.9 Å². The van der Waals surface area contributed by atoms with E-state index in [0.717, 1.165) is 6.07 Å². The Kier molecular flexibility index (Phi) is 4.29.